The molecule has 1 amide bonds. The van der Waals surface area contributed by atoms with Crippen molar-refractivity contribution in [1.29, 1.82) is 0 Å². The Labute approximate surface area is 179 Å². The van der Waals surface area contributed by atoms with Gasteiger partial charge in [-0.1, -0.05) is 6.07 Å². The lowest BCUT2D eigenvalue weighted by molar-refractivity contribution is -0.122. The van der Waals surface area contributed by atoms with Crippen LogP contribution < -0.4 is 14.8 Å². The van der Waals surface area contributed by atoms with E-state index < -0.39 is 6.10 Å². The molecule has 5 heteroatoms. The Kier molecular flexibility index (Phi) is 6.58. The van der Waals surface area contributed by atoms with Crippen molar-refractivity contribution in [2.75, 3.05) is 25.5 Å². The topological polar surface area (TPSA) is 50.8 Å². The van der Waals surface area contributed by atoms with Crippen LogP contribution in [0.3, 0.4) is 0 Å². The van der Waals surface area contributed by atoms with Crippen molar-refractivity contribution in [3.8, 4) is 11.5 Å². The third-order valence-corrected chi connectivity index (χ3v) is 6.09. The molecule has 1 fully saturated rings. The summed E-state index contributed by atoms with van der Waals surface area (Å²) in [5.41, 5.74) is 3.51. The number of benzene rings is 2. The van der Waals surface area contributed by atoms with E-state index in [0.29, 0.717) is 0 Å². The molecule has 160 valence electrons. The lowest BCUT2D eigenvalue weighted by Gasteiger charge is -2.29. The highest BCUT2D eigenvalue weighted by atomic mass is 16.5. The van der Waals surface area contributed by atoms with Gasteiger partial charge in [-0.2, -0.15) is 0 Å². The number of likely N-dealkylation sites (tertiary alicyclic amines) is 1. The molecule has 2 aromatic rings. The van der Waals surface area contributed by atoms with Gasteiger partial charge in [0.05, 0.1) is 0 Å². The number of aryl methyl sites for hydroxylation is 2. The largest absolute Gasteiger partial charge is 0.490 e. The number of hydrogen-bond donors (Lipinski definition) is 1. The fourth-order valence-electron chi connectivity index (χ4n) is 4.20. The second kappa shape index (κ2) is 9.52. The molecule has 5 nitrogen and oxygen atoms in total. The van der Waals surface area contributed by atoms with E-state index in [1.54, 1.807) is 6.92 Å². The number of anilines is 1. The molecule has 4 rings (SSSR count). The fraction of sp³-hybridized carbons (Fsp3) is 0.480. The number of piperidine rings is 1. The van der Waals surface area contributed by atoms with Gasteiger partial charge < -0.3 is 19.7 Å². The Morgan fingerprint density at radius 3 is 2.40 bits per heavy atom. The Morgan fingerprint density at radius 2 is 1.67 bits per heavy atom. The number of fused-ring (bicyclic) bond motifs is 1. The number of ether oxygens (including phenoxy) is 2. The van der Waals surface area contributed by atoms with Crippen LogP contribution in [-0.4, -0.2) is 43.2 Å². The lowest BCUT2D eigenvalue weighted by Crippen LogP contribution is -2.35. The molecule has 0 aromatic heterocycles. The predicted octanol–water partition coefficient (Wildman–Crippen LogP) is 4.44. The van der Waals surface area contributed by atoms with E-state index in [2.05, 4.69) is 29.4 Å². The highest BCUT2D eigenvalue weighted by molar-refractivity contribution is 5.94. The normalized spacial score (nSPS) is 18.3. The second-order valence-electron chi connectivity index (χ2n) is 8.53. The molecule has 0 spiro atoms. The third-order valence-electron chi connectivity index (χ3n) is 6.09. The van der Waals surface area contributed by atoms with Gasteiger partial charge in [-0.25, -0.2) is 0 Å². The smallest absolute Gasteiger partial charge is 0.265 e. The first-order chi connectivity index (χ1) is 14.6. The first-order valence-corrected chi connectivity index (χ1v) is 11.1. The van der Waals surface area contributed by atoms with E-state index >= 15 is 0 Å². The van der Waals surface area contributed by atoms with Crippen LogP contribution in [0.1, 0.15) is 43.7 Å². The maximum absolute atomic E-state index is 12.6. The summed E-state index contributed by atoms with van der Waals surface area (Å²) in [6.07, 6.45) is 6.52. The number of nitrogens with zero attached hydrogens (tertiary/aromatic N) is 1. The van der Waals surface area contributed by atoms with Crippen LogP contribution in [0.15, 0.2) is 42.5 Å². The zero-order chi connectivity index (χ0) is 20.9. The van der Waals surface area contributed by atoms with E-state index in [9.17, 15) is 4.79 Å². The highest BCUT2D eigenvalue weighted by Gasteiger charge is 2.19. The Bertz CT molecular complexity index is 857. The van der Waals surface area contributed by atoms with Gasteiger partial charge in [-0.05, 0) is 100 Å². The summed E-state index contributed by atoms with van der Waals surface area (Å²) in [6.45, 7) is 3.92. The number of nitrogens with one attached hydrogen (secondary N) is 1. The van der Waals surface area contributed by atoms with E-state index in [1.807, 2.05) is 30.3 Å². The summed E-state index contributed by atoms with van der Waals surface area (Å²) in [5, 5.41) is 2.93. The molecular weight excluding hydrogens is 376 g/mol. The minimum absolute atomic E-state index is 0.156. The molecule has 1 unspecified atom stereocenters. The molecule has 0 radical (unpaired) electrons. The molecule has 1 saturated heterocycles. The summed E-state index contributed by atoms with van der Waals surface area (Å²) < 4.78 is 12.0. The van der Waals surface area contributed by atoms with Crippen LogP contribution in [0, 0.1) is 0 Å². The Morgan fingerprint density at radius 1 is 1.00 bits per heavy atom. The SMILES string of the molecule is CC(Oc1ccc2c(c1)CCCC2)C(=O)Nc1ccc(OC2CCN(C)CC2)cc1. The molecule has 30 heavy (non-hydrogen) atoms. The summed E-state index contributed by atoms with van der Waals surface area (Å²) >= 11 is 0. The average Bonchev–Trinajstić information content (AvgIpc) is 2.76. The molecule has 2 aliphatic rings. The van der Waals surface area contributed by atoms with Crippen molar-refractivity contribution in [2.24, 2.45) is 0 Å². The molecule has 1 aliphatic heterocycles. The standard InChI is InChI=1S/C25H32N2O3/c1-18(29-24-10-7-19-5-3-4-6-20(19)17-24)25(28)26-21-8-11-22(12-9-21)30-23-13-15-27(2)16-14-23/h7-12,17-18,23H,3-6,13-16H2,1-2H3,(H,26,28). The summed E-state index contributed by atoms with van der Waals surface area (Å²) in [4.78, 5) is 14.9. The maximum Gasteiger partial charge on any atom is 0.265 e. The van der Waals surface area contributed by atoms with Crippen LogP contribution in [0.4, 0.5) is 5.69 Å². The van der Waals surface area contributed by atoms with E-state index in [1.165, 1.54) is 24.0 Å². The molecule has 2 aromatic carbocycles. The number of rotatable bonds is 6. The molecular formula is C25H32N2O3. The lowest BCUT2D eigenvalue weighted by atomic mass is 9.92. The molecule has 1 N–H and O–H groups in total. The number of amides is 1. The van der Waals surface area contributed by atoms with Gasteiger partial charge in [0.25, 0.3) is 5.91 Å². The zero-order valence-electron chi connectivity index (χ0n) is 18.0. The van der Waals surface area contributed by atoms with Crippen LogP contribution in [0.5, 0.6) is 11.5 Å². The van der Waals surface area contributed by atoms with Gasteiger partial charge in [0.15, 0.2) is 6.10 Å². The van der Waals surface area contributed by atoms with Crippen molar-refractivity contribution < 1.29 is 14.3 Å². The minimum Gasteiger partial charge on any atom is -0.490 e. The number of carbonyl (C=O) groups excluding carboxylic acids is 1. The molecule has 0 saturated carbocycles. The maximum atomic E-state index is 12.6. The van der Waals surface area contributed by atoms with Crippen molar-refractivity contribution in [3.05, 3.63) is 53.6 Å². The monoisotopic (exact) mass is 408 g/mol. The molecule has 1 aliphatic carbocycles. The highest BCUT2D eigenvalue weighted by Crippen LogP contribution is 2.26. The Balaban J connectivity index is 1.28. The summed E-state index contributed by atoms with van der Waals surface area (Å²) in [6, 6.07) is 13.8. The quantitative estimate of drug-likeness (QED) is 0.768. The average molecular weight is 409 g/mol. The predicted molar refractivity (Wildman–Crippen MR) is 119 cm³/mol. The van der Waals surface area contributed by atoms with Crippen molar-refractivity contribution in [2.45, 2.75) is 57.7 Å². The van der Waals surface area contributed by atoms with Gasteiger partial charge in [-0.15, -0.1) is 0 Å². The second-order valence-corrected chi connectivity index (χ2v) is 8.53. The van der Waals surface area contributed by atoms with Crippen LogP contribution in [0.25, 0.3) is 0 Å². The summed E-state index contributed by atoms with van der Waals surface area (Å²) in [7, 11) is 2.14. The molecule has 1 atom stereocenters. The summed E-state index contributed by atoms with van der Waals surface area (Å²) in [5.74, 6) is 1.46. The molecule has 1 heterocycles. The zero-order valence-corrected chi connectivity index (χ0v) is 18.0. The van der Waals surface area contributed by atoms with Crippen molar-refractivity contribution >= 4 is 11.6 Å². The van der Waals surface area contributed by atoms with E-state index in [0.717, 1.165) is 56.0 Å². The van der Waals surface area contributed by atoms with Crippen molar-refractivity contribution in [1.82, 2.24) is 4.90 Å². The third kappa shape index (κ3) is 5.33. The van der Waals surface area contributed by atoms with Gasteiger partial charge in [0, 0.05) is 18.8 Å². The van der Waals surface area contributed by atoms with Crippen molar-refractivity contribution in [3.63, 3.8) is 0 Å². The van der Waals surface area contributed by atoms with Gasteiger partial charge in [-0.3, -0.25) is 4.79 Å². The first-order valence-electron chi connectivity index (χ1n) is 11.1. The van der Waals surface area contributed by atoms with Crippen LogP contribution in [0.2, 0.25) is 0 Å². The Hall–Kier alpha value is -2.53. The molecule has 0 bridgehead atoms. The minimum atomic E-state index is -0.568. The van der Waals surface area contributed by atoms with E-state index in [4.69, 9.17) is 9.47 Å². The van der Waals surface area contributed by atoms with Gasteiger partial charge >= 0.3 is 0 Å². The fourth-order valence-corrected chi connectivity index (χ4v) is 4.20. The van der Waals surface area contributed by atoms with Crippen LogP contribution >= 0.6 is 0 Å². The number of hydrogen-bond acceptors (Lipinski definition) is 4. The number of carbonyl (C=O) groups is 1. The van der Waals surface area contributed by atoms with Crippen LogP contribution in [-0.2, 0) is 17.6 Å². The van der Waals surface area contributed by atoms with E-state index in [-0.39, 0.29) is 12.0 Å². The first kappa shape index (κ1) is 20.7. The van der Waals surface area contributed by atoms with Gasteiger partial charge in [0.2, 0.25) is 0 Å². The van der Waals surface area contributed by atoms with Gasteiger partial charge in [0.1, 0.15) is 17.6 Å².